The van der Waals surface area contributed by atoms with Gasteiger partial charge in [-0.05, 0) is 48.5 Å². The fourth-order valence-corrected chi connectivity index (χ4v) is 3.96. The van der Waals surface area contributed by atoms with E-state index in [4.69, 9.17) is 4.74 Å². The number of H-pyrrole nitrogens is 1. The fourth-order valence-electron chi connectivity index (χ4n) is 3.96. The van der Waals surface area contributed by atoms with Crippen LogP contribution in [0.1, 0.15) is 5.56 Å². The molecule has 1 fully saturated rings. The van der Waals surface area contributed by atoms with Crippen LogP contribution in [-0.2, 0) is 10.9 Å². The van der Waals surface area contributed by atoms with Crippen LogP contribution in [0.25, 0.3) is 22.5 Å². The smallest absolute Gasteiger partial charge is 0.378 e. The third-order valence-corrected chi connectivity index (χ3v) is 5.67. The largest absolute Gasteiger partial charge is 0.416 e. The monoisotopic (exact) mass is 465 g/mol. The highest BCUT2D eigenvalue weighted by atomic mass is 19.4. The number of halogens is 3. The van der Waals surface area contributed by atoms with Crippen molar-refractivity contribution in [3.05, 3.63) is 78.8 Å². The molecule has 1 aliphatic heterocycles. The van der Waals surface area contributed by atoms with Crippen molar-refractivity contribution < 1.29 is 17.9 Å². The van der Waals surface area contributed by atoms with Crippen molar-refractivity contribution in [2.75, 3.05) is 36.5 Å². The summed E-state index contributed by atoms with van der Waals surface area (Å²) in [4.78, 5) is 14.0. The number of ether oxygens (including phenoxy) is 1. The van der Waals surface area contributed by atoms with Crippen LogP contribution >= 0.6 is 0 Å². The molecule has 0 unspecified atom stereocenters. The predicted octanol–water partition coefficient (Wildman–Crippen LogP) is 5.74. The van der Waals surface area contributed by atoms with Gasteiger partial charge >= 0.3 is 6.18 Å². The lowest BCUT2D eigenvalue weighted by atomic mass is 10.0. The molecule has 1 aliphatic rings. The maximum atomic E-state index is 13.2. The van der Waals surface area contributed by atoms with Gasteiger partial charge in [-0.15, -0.1) is 0 Å². The quantitative estimate of drug-likeness (QED) is 0.394. The zero-order valence-corrected chi connectivity index (χ0v) is 18.1. The molecular weight excluding hydrogens is 443 g/mol. The number of aromatic amines is 1. The van der Waals surface area contributed by atoms with Gasteiger partial charge in [0.05, 0.1) is 36.5 Å². The SMILES string of the molecule is FC(F)(F)c1cccc(-c2nc[nH]c2-c2ccnc(Nc3ccc(N4CCOCC4)cc3)c2)c1. The molecule has 34 heavy (non-hydrogen) atoms. The van der Waals surface area contributed by atoms with Crippen molar-refractivity contribution in [1.29, 1.82) is 0 Å². The molecule has 5 rings (SSSR count). The molecule has 1 saturated heterocycles. The number of alkyl halides is 3. The van der Waals surface area contributed by atoms with Crippen LogP contribution in [0.4, 0.5) is 30.4 Å². The Morgan fingerprint density at radius 2 is 1.71 bits per heavy atom. The van der Waals surface area contributed by atoms with Crippen molar-refractivity contribution in [3.63, 3.8) is 0 Å². The molecule has 2 aromatic heterocycles. The lowest BCUT2D eigenvalue weighted by Crippen LogP contribution is -2.36. The third kappa shape index (κ3) is 4.74. The van der Waals surface area contributed by atoms with Crippen LogP contribution in [0.2, 0.25) is 0 Å². The first-order valence-corrected chi connectivity index (χ1v) is 10.8. The van der Waals surface area contributed by atoms with Crippen LogP contribution in [0, 0.1) is 0 Å². The number of imidazole rings is 1. The lowest BCUT2D eigenvalue weighted by molar-refractivity contribution is -0.137. The van der Waals surface area contributed by atoms with E-state index >= 15 is 0 Å². The number of anilines is 3. The Balaban J connectivity index is 1.37. The van der Waals surface area contributed by atoms with Crippen LogP contribution in [0.15, 0.2) is 73.2 Å². The number of morpholine rings is 1. The molecule has 174 valence electrons. The van der Waals surface area contributed by atoms with Crippen molar-refractivity contribution in [2.24, 2.45) is 0 Å². The van der Waals surface area contributed by atoms with Crippen molar-refractivity contribution in [3.8, 4) is 22.5 Å². The van der Waals surface area contributed by atoms with Gasteiger partial charge in [0, 0.05) is 41.8 Å². The zero-order chi connectivity index (χ0) is 23.5. The van der Waals surface area contributed by atoms with Gasteiger partial charge in [0.25, 0.3) is 0 Å². The van der Waals surface area contributed by atoms with Crippen molar-refractivity contribution >= 4 is 17.2 Å². The Morgan fingerprint density at radius 3 is 2.47 bits per heavy atom. The second kappa shape index (κ2) is 9.18. The number of hydrogen-bond acceptors (Lipinski definition) is 5. The molecule has 0 spiro atoms. The number of aromatic nitrogens is 3. The summed E-state index contributed by atoms with van der Waals surface area (Å²) in [6, 6.07) is 16.9. The summed E-state index contributed by atoms with van der Waals surface area (Å²) < 4.78 is 44.9. The molecule has 0 radical (unpaired) electrons. The Labute approximate surface area is 194 Å². The first-order valence-electron chi connectivity index (χ1n) is 10.8. The standard InChI is InChI=1S/C25H22F3N5O/c26-25(27,28)19-3-1-2-17(14-19)23-24(31-16-30-23)18-8-9-29-22(15-18)32-20-4-6-21(7-5-20)33-10-12-34-13-11-33/h1-9,14-16H,10-13H2,(H,29,32)(H,30,31). The van der Waals surface area contributed by atoms with Gasteiger partial charge in [-0.1, -0.05) is 12.1 Å². The average Bonchev–Trinajstić information content (AvgIpc) is 3.35. The molecule has 9 heteroatoms. The van der Waals surface area contributed by atoms with E-state index in [-0.39, 0.29) is 0 Å². The minimum Gasteiger partial charge on any atom is -0.378 e. The highest BCUT2D eigenvalue weighted by Gasteiger charge is 2.30. The lowest BCUT2D eigenvalue weighted by Gasteiger charge is -2.28. The molecule has 0 atom stereocenters. The van der Waals surface area contributed by atoms with Gasteiger partial charge in [-0.2, -0.15) is 13.2 Å². The summed E-state index contributed by atoms with van der Waals surface area (Å²) in [7, 11) is 0. The average molecular weight is 465 g/mol. The molecule has 2 aromatic carbocycles. The Kier molecular flexibility index (Phi) is 5.93. The highest BCUT2D eigenvalue weighted by molar-refractivity contribution is 5.79. The van der Waals surface area contributed by atoms with Crippen molar-refractivity contribution in [2.45, 2.75) is 6.18 Å². The van der Waals surface area contributed by atoms with E-state index in [2.05, 4.69) is 37.3 Å². The molecular formula is C25H22F3N5O. The van der Waals surface area contributed by atoms with E-state index in [0.717, 1.165) is 55.4 Å². The van der Waals surface area contributed by atoms with E-state index < -0.39 is 11.7 Å². The minimum absolute atomic E-state index is 0.385. The van der Waals surface area contributed by atoms with Crippen LogP contribution in [0.3, 0.4) is 0 Å². The Morgan fingerprint density at radius 1 is 0.912 bits per heavy atom. The van der Waals surface area contributed by atoms with Crippen LogP contribution < -0.4 is 10.2 Å². The van der Waals surface area contributed by atoms with Crippen LogP contribution in [-0.4, -0.2) is 41.3 Å². The van der Waals surface area contributed by atoms with Gasteiger partial charge in [0.1, 0.15) is 5.82 Å². The van der Waals surface area contributed by atoms with E-state index in [1.807, 2.05) is 18.2 Å². The maximum Gasteiger partial charge on any atom is 0.416 e. The summed E-state index contributed by atoms with van der Waals surface area (Å²) in [6.45, 7) is 3.20. The molecule has 6 nitrogen and oxygen atoms in total. The first-order chi connectivity index (χ1) is 16.5. The highest BCUT2D eigenvalue weighted by Crippen LogP contribution is 2.35. The molecule has 0 amide bonds. The fraction of sp³-hybridized carbons (Fsp3) is 0.200. The van der Waals surface area contributed by atoms with E-state index in [0.29, 0.717) is 22.8 Å². The number of benzene rings is 2. The molecule has 0 bridgehead atoms. The Bertz CT molecular complexity index is 1260. The van der Waals surface area contributed by atoms with E-state index in [1.165, 1.54) is 12.4 Å². The Hall–Kier alpha value is -3.85. The van der Waals surface area contributed by atoms with Crippen LogP contribution in [0.5, 0.6) is 0 Å². The van der Waals surface area contributed by atoms with E-state index in [1.54, 1.807) is 18.3 Å². The number of nitrogens with one attached hydrogen (secondary N) is 2. The minimum atomic E-state index is -4.42. The van der Waals surface area contributed by atoms with Crippen molar-refractivity contribution in [1.82, 2.24) is 15.0 Å². The third-order valence-electron chi connectivity index (χ3n) is 5.67. The second-order valence-electron chi connectivity index (χ2n) is 7.91. The van der Waals surface area contributed by atoms with Gasteiger partial charge in [0.15, 0.2) is 0 Å². The zero-order valence-electron chi connectivity index (χ0n) is 18.1. The summed E-state index contributed by atoms with van der Waals surface area (Å²) in [5.74, 6) is 0.612. The summed E-state index contributed by atoms with van der Waals surface area (Å²) >= 11 is 0. The topological polar surface area (TPSA) is 66.1 Å². The van der Waals surface area contributed by atoms with Gasteiger partial charge in [0.2, 0.25) is 0 Å². The summed E-state index contributed by atoms with van der Waals surface area (Å²) in [6.07, 6.45) is -1.29. The maximum absolute atomic E-state index is 13.2. The number of hydrogen-bond donors (Lipinski definition) is 2. The second-order valence-corrected chi connectivity index (χ2v) is 7.91. The van der Waals surface area contributed by atoms with Gasteiger partial charge in [-0.3, -0.25) is 0 Å². The summed E-state index contributed by atoms with van der Waals surface area (Å²) in [5, 5.41) is 3.29. The number of nitrogens with zero attached hydrogens (tertiary/aromatic N) is 3. The number of rotatable bonds is 5. The normalized spacial score (nSPS) is 14.3. The molecule has 3 heterocycles. The molecule has 0 saturated carbocycles. The van der Waals surface area contributed by atoms with Gasteiger partial charge < -0.3 is 19.9 Å². The summed E-state index contributed by atoms with van der Waals surface area (Å²) in [5.41, 5.74) is 3.51. The first kappa shape index (κ1) is 22.0. The predicted molar refractivity (Wildman–Crippen MR) is 125 cm³/mol. The molecule has 0 aliphatic carbocycles. The number of pyridine rings is 1. The molecule has 4 aromatic rings. The molecule has 2 N–H and O–H groups in total. The van der Waals surface area contributed by atoms with Gasteiger partial charge in [-0.25, -0.2) is 9.97 Å². The van der Waals surface area contributed by atoms with E-state index in [9.17, 15) is 13.2 Å².